The first-order valence-electron chi connectivity index (χ1n) is 7.09. The van der Waals surface area contributed by atoms with E-state index in [1.54, 1.807) is 0 Å². The first-order valence-corrected chi connectivity index (χ1v) is 7.09. The lowest BCUT2D eigenvalue weighted by molar-refractivity contribution is 0.0927. The van der Waals surface area contributed by atoms with Crippen LogP contribution < -0.4 is 0 Å². The topological polar surface area (TPSA) is 17.1 Å². The van der Waals surface area contributed by atoms with Crippen molar-refractivity contribution < 1.29 is 13.6 Å². The van der Waals surface area contributed by atoms with Crippen LogP contribution in [0, 0.1) is 17.6 Å². The molecule has 0 aliphatic heterocycles. The van der Waals surface area contributed by atoms with Crippen molar-refractivity contribution in [2.24, 2.45) is 5.92 Å². The van der Waals surface area contributed by atoms with Gasteiger partial charge in [-0.3, -0.25) is 4.79 Å². The average molecular weight is 288 g/mol. The molecule has 2 aromatic rings. The summed E-state index contributed by atoms with van der Waals surface area (Å²) in [5.41, 5.74) is 0.657. The van der Waals surface area contributed by atoms with Crippen LogP contribution in [-0.4, -0.2) is 5.78 Å². The van der Waals surface area contributed by atoms with Crippen molar-refractivity contribution in [3.63, 3.8) is 0 Å². The van der Waals surface area contributed by atoms with Gasteiger partial charge in [-0.05, 0) is 23.6 Å². The number of ketones is 1. The smallest absolute Gasteiger partial charge is 0.173 e. The molecule has 0 bridgehead atoms. The van der Waals surface area contributed by atoms with E-state index in [0.717, 1.165) is 18.1 Å². The number of hydrogen-bond donors (Lipinski definition) is 0. The molecule has 110 valence electrons. The highest BCUT2D eigenvalue weighted by atomic mass is 19.2. The molecular weight excluding hydrogens is 270 g/mol. The fourth-order valence-electron chi connectivity index (χ4n) is 2.50. The third-order valence-electron chi connectivity index (χ3n) is 3.87. The maximum absolute atomic E-state index is 13.9. The van der Waals surface area contributed by atoms with Crippen molar-refractivity contribution in [1.82, 2.24) is 0 Å². The molecule has 0 spiro atoms. The number of carbonyl (C=O) groups is 1. The summed E-state index contributed by atoms with van der Waals surface area (Å²) in [6, 6.07) is 13.0. The average Bonchev–Trinajstić information content (AvgIpc) is 2.51. The minimum atomic E-state index is -1.06. The third kappa shape index (κ3) is 3.18. The van der Waals surface area contributed by atoms with Gasteiger partial charge in [0.2, 0.25) is 0 Å². The number of carbonyl (C=O) groups excluding carboxylic acids is 1. The largest absolute Gasteiger partial charge is 0.293 e. The Morgan fingerprint density at radius 1 is 1.05 bits per heavy atom. The van der Waals surface area contributed by atoms with E-state index in [1.165, 1.54) is 12.1 Å². The molecule has 0 N–H and O–H groups in total. The maximum Gasteiger partial charge on any atom is 0.173 e. The standard InChI is InChI=1S/C18H18F2O/c1-3-12(2)16(13-8-5-4-6-9-13)18(21)14-10-7-11-15(19)17(14)20/h4-12,16H,3H2,1-2H3. The SMILES string of the molecule is CCC(C)C(C(=O)c1cccc(F)c1F)c1ccccc1. The zero-order chi connectivity index (χ0) is 15.4. The number of hydrogen-bond acceptors (Lipinski definition) is 1. The monoisotopic (exact) mass is 288 g/mol. The minimum absolute atomic E-state index is 0.0440. The van der Waals surface area contributed by atoms with Crippen LogP contribution in [0.1, 0.15) is 42.1 Å². The van der Waals surface area contributed by atoms with Gasteiger partial charge >= 0.3 is 0 Å². The summed E-state index contributed by atoms with van der Waals surface area (Å²) in [5.74, 6) is -2.84. The van der Waals surface area contributed by atoms with Crippen molar-refractivity contribution in [2.45, 2.75) is 26.2 Å². The lowest BCUT2D eigenvalue weighted by atomic mass is 9.80. The van der Waals surface area contributed by atoms with E-state index in [2.05, 4.69) is 0 Å². The predicted molar refractivity (Wildman–Crippen MR) is 79.3 cm³/mol. The first kappa shape index (κ1) is 15.4. The number of halogens is 2. The van der Waals surface area contributed by atoms with Gasteiger partial charge in [0, 0.05) is 0 Å². The Morgan fingerprint density at radius 2 is 1.71 bits per heavy atom. The van der Waals surface area contributed by atoms with E-state index < -0.39 is 17.6 Å². The molecule has 0 saturated heterocycles. The van der Waals surface area contributed by atoms with Crippen LogP contribution in [0.15, 0.2) is 48.5 Å². The van der Waals surface area contributed by atoms with Crippen LogP contribution in [0.4, 0.5) is 8.78 Å². The Kier molecular flexibility index (Phi) is 4.84. The maximum atomic E-state index is 13.9. The van der Waals surface area contributed by atoms with Gasteiger partial charge < -0.3 is 0 Å². The van der Waals surface area contributed by atoms with Crippen LogP contribution >= 0.6 is 0 Å². The van der Waals surface area contributed by atoms with Crippen molar-refractivity contribution in [3.8, 4) is 0 Å². The number of rotatable bonds is 5. The number of Topliss-reactive ketones (excluding diaryl/α,β-unsaturated/α-hetero) is 1. The highest BCUT2D eigenvalue weighted by Crippen LogP contribution is 2.31. The second kappa shape index (κ2) is 6.61. The van der Waals surface area contributed by atoms with Crippen LogP contribution in [-0.2, 0) is 0 Å². The molecule has 0 fully saturated rings. The van der Waals surface area contributed by atoms with E-state index in [4.69, 9.17) is 0 Å². The summed E-state index contributed by atoms with van der Waals surface area (Å²) < 4.78 is 27.3. The van der Waals surface area contributed by atoms with Crippen LogP contribution in [0.5, 0.6) is 0 Å². The zero-order valence-electron chi connectivity index (χ0n) is 12.1. The van der Waals surface area contributed by atoms with Gasteiger partial charge in [0.05, 0.1) is 11.5 Å². The van der Waals surface area contributed by atoms with Gasteiger partial charge in [-0.15, -0.1) is 0 Å². The lowest BCUT2D eigenvalue weighted by Crippen LogP contribution is -2.21. The molecule has 0 heterocycles. The van der Waals surface area contributed by atoms with Gasteiger partial charge in [0.1, 0.15) is 0 Å². The van der Waals surface area contributed by atoms with E-state index in [9.17, 15) is 13.6 Å². The molecule has 0 aliphatic carbocycles. The van der Waals surface area contributed by atoms with Crippen molar-refractivity contribution in [1.29, 1.82) is 0 Å². The minimum Gasteiger partial charge on any atom is -0.293 e. The Labute approximate surface area is 123 Å². The van der Waals surface area contributed by atoms with Gasteiger partial charge in [-0.2, -0.15) is 0 Å². The number of benzene rings is 2. The van der Waals surface area contributed by atoms with Gasteiger partial charge in [0.25, 0.3) is 0 Å². The van der Waals surface area contributed by atoms with Crippen LogP contribution in [0.25, 0.3) is 0 Å². The summed E-state index contributed by atoms with van der Waals surface area (Å²) in [6.45, 7) is 3.93. The molecule has 0 aliphatic rings. The van der Waals surface area contributed by atoms with Crippen molar-refractivity contribution in [2.75, 3.05) is 0 Å². The fourth-order valence-corrected chi connectivity index (χ4v) is 2.50. The molecule has 3 heteroatoms. The highest BCUT2D eigenvalue weighted by Gasteiger charge is 2.29. The zero-order valence-corrected chi connectivity index (χ0v) is 12.1. The first-order chi connectivity index (χ1) is 10.1. The molecule has 0 aromatic heterocycles. The molecule has 1 nitrogen and oxygen atoms in total. The summed E-state index contributed by atoms with van der Waals surface area (Å²) in [4.78, 5) is 12.7. The summed E-state index contributed by atoms with van der Waals surface area (Å²) >= 11 is 0. The Morgan fingerprint density at radius 3 is 2.33 bits per heavy atom. The van der Waals surface area contributed by atoms with E-state index in [1.807, 2.05) is 44.2 Å². The van der Waals surface area contributed by atoms with Crippen LogP contribution in [0.2, 0.25) is 0 Å². The van der Waals surface area contributed by atoms with E-state index in [-0.39, 0.29) is 17.3 Å². The van der Waals surface area contributed by atoms with Crippen LogP contribution in [0.3, 0.4) is 0 Å². The summed E-state index contributed by atoms with van der Waals surface area (Å²) in [7, 11) is 0. The molecule has 2 aromatic carbocycles. The van der Waals surface area contributed by atoms with E-state index >= 15 is 0 Å². The van der Waals surface area contributed by atoms with Crippen molar-refractivity contribution in [3.05, 3.63) is 71.3 Å². The Bertz CT molecular complexity index is 622. The van der Waals surface area contributed by atoms with Crippen molar-refractivity contribution >= 4 is 5.78 Å². The molecule has 2 atom stereocenters. The summed E-state index contributed by atoms with van der Waals surface area (Å²) in [6.07, 6.45) is 0.780. The van der Waals surface area contributed by atoms with E-state index in [0.29, 0.717) is 0 Å². The normalized spacial score (nSPS) is 13.7. The third-order valence-corrected chi connectivity index (χ3v) is 3.87. The second-order valence-corrected chi connectivity index (χ2v) is 5.24. The molecular formula is C18H18F2O. The quantitative estimate of drug-likeness (QED) is 0.709. The summed E-state index contributed by atoms with van der Waals surface area (Å²) in [5, 5.41) is 0. The molecule has 0 saturated carbocycles. The molecule has 0 radical (unpaired) electrons. The van der Waals surface area contributed by atoms with Gasteiger partial charge in [-0.25, -0.2) is 8.78 Å². The Hall–Kier alpha value is -2.03. The molecule has 0 amide bonds. The Balaban J connectivity index is 2.47. The highest BCUT2D eigenvalue weighted by molar-refractivity contribution is 6.01. The fraction of sp³-hybridized carbons (Fsp3) is 0.278. The molecule has 21 heavy (non-hydrogen) atoms. The molecule has 2 rings (SSSR count). The second-order valence-electron chi connectivity index (χ2n) is 5.24. The van der Waals surface area contributed by atoms with Gasteiger partial charge in [-0.1, -0.05) is 56.7 Å². The lowest BCUT2D eigenvalue weighted by Gasteiger charge is -2.22. The van der Waals surface area contributed by atoms with Gasteiger partial charge in [0.15, 0.2) is 17.4 Å². The molecule has 2 unspecified atom stereocenters. The predicted octanol–water partition coefficient (Wildman–Crippen LogP) is 4.98.